The molecule has 0 N–H and O–H groups in total. The number of nitriles is 1. The molecule has 0 bridgehead atoms. The molecule has 2 unspecified atom stereocenters. The van der Waals surface area contributed by atoms with Crippen LogP contribution in [-0.2, 0) is 27.3 Å². The molecule has 2 aliphatic heterocycles. The number of esters is 1. The third-order valence-electron chi connectivity index (χ3n) is 7.12. The summed E-state index contributed by atoms with van der Waals surface area (Å²) in [5.41, 5.74) is 3.04. The molecule has 0 radical (unpaired) electrons. The quantitative estimate of drug-likeness (QED) is 0.576. The summed E-state index contributed by atoms with van der Waals surface area (Å²) in [6, 6.07) is 10.3. The first-order chi connectivity index (χ1) is 16.0. The Morgan fingerprint density at radius 2 is 1.97 bits per heavy atom. The first-order valence-corrected chi connectivity index (χ1v) is 12.3. The zero-order chi connectivity index (χ0) is 23.4. The van der Waals surface area contributed by atoms with Crippen molar-refractivity contribution >= 4 is 22.8 Å². The molecule has 2 atom stereocenters. The molecule has 2 fully saturated rings. The Morgan fingerprint density at radius 1 is 1.15 bits per heavy atom. The molecular formula is C26H34N4O3. The van der Waals surface area contributed by atoms with Crippen LogP contribution in [0.5, 0.6) is 0 Å². The summed E-state index contributed by atoms with van der Waals surface area (Å²) in [7, 11) is 0. The zero-order valence-corrected chi connectivity index (χ0v) is 19.8. The lowest BCUT2D eigenvalue weighted by molar-refractivity contribution is -0.146. The smallest absolute Gasteiger partial charge is 0.320 e. The van der Waals surface area contributed by atoms with Crippen molar-refractivity contribution < 1.29 is 14.3 Å². The largest absolute Gasteiger partial charge is 0.465 e. The predicted octanol–water partition coefficient (Wildman–Crippen LogP) is 3.48. The zero-order valence-electron chi connectivity index (χ0n) is 19.8. The van der Waals surface area contributed by atoms with Gasteiger partial charge < -0.3 is 14.2 Å². The van der Waals surface area contributed by atoms with Crippen molar-refractivity contribution in [1.82, 2.24) is 14.4 Å². The van der Waals surface area contributed by atoms with E-state index < -0.39 is 0 Å². The number of nitrogens with zero attached hydrogens (tertiary/aromatic N) is 4. The van der Waals surface area contributed by atoms with Crippen LogP contribution >= 0.6 is 0 Å². The number of carbonyl (C=O) groups excluding carboxylic acids is 2. The van der Waals surface area contributed by atoms with Gasteiger partial charge in [0.2, 0.25) is 5.91 Å². The number of aryl methyl sites for hydroxylation is 2. The van der Waals surface area contributed by atoms with Crippen molar-refractivity contribution in [3.05, 3.63) is 35.5 Å². The molecule has 3 heterocycles. The van der Waals surface area contributed by atoms with E-state index in [1.807, 2.05) is 23.1 Å². The van der Waals surface area contributed by atoms with Crippen LogP contribution in [0.15, 0.2) is 24.3 Å². The summed E-state index contributed by atoms with van der Waals surface area (Å²) in [6.45, 7) is 6.93. The van der Waals surface area contributed by atoms with Gasteiger partial charge in [-0.05, 0) is 82.5 Å². The fourth-order valence-electron chi connectivity index (χ4n) is 5.56. The van der Waals surface area contributed by atoms with Gasteiger partial charge >= 0.3 is 5.97 Å². The van der Waals surface area contributed by atoms with Crippen molar-refractivity contribution in [2.75, 3.05) is 26.2 Å². The lowest BCUT2D eigenvalue weighted by atomic mass is 10.1. The van der Waals surface area contributed by atoms with Crippen LogP contribution in [0.2, 0.25) is 0 Å². The fourth-order valence-corrected chi connectivity index (χ4v) is 5.56. The second-order valence-corrected chi connectivity index (χ2v) is 9.07. The van der Waals surface area contributed by atoms with Gasteiger partial charge in [0.05, 0.1) is 30.8 Å². The minimum atomic E-state index is -0.248. The number of likely N-dealkylation sites (tertiary alicyclic amines) is 2. The minimum Gasteiger partial charge on any atom is -0.465 e. The van der Waals surface area contributed by atoms with E-state index in [1.165, 1.54) is 5.69 Å². The topological polar surface area (TPSA) is 78.6 Å². The van der Waals surface area contributed by atoms with Crippen LogP contribution in [0.3, 0.4) is 0 Å². The Morgan fingerprint density at radius 3 is 2.73 bits per heavy atom. The standard InChI is InChI=1S/C26H34N4O3/c1-3-29-22(16-20-10-9-19(17-27)15-24(20)29)12-11-21-7-5-14-30(21)26(32)23-8-6-13-28(23)18-25(31)33-4-2/h9-10,15-16,21,23H,3-8,11-14,18H2,1-2H3. The van der Waals surface area contributed by atoms with Gasteiger partial charge in [-0.25, -0.2) is 0 Å². The highest BCUT2D eigenvalue weighted by Gasteiger charge is 2.38. The van der Waals surface area contributed by atoms with Gasteiger partial charge in [-0.3, -0.25) is 14.5 Å². The number of carbonyl (C=O) groups is 2. The highest BCUT2D eigenvalue weighted by Crippen LogP contribution is 2.28. The molecule has 0 saturated carbocycles. The van der Waals surface area contributed by atoms with Crippen LogP contribution in [0, 0.1) is 11.3 Å². The maximum Gasteiger partial charge on any atom is 0.320 e. The number of hydrogen-bond donors (Lipinski definition) is 0. The fraction of sp³-hybridized carbons (Fsp3) is 0.577. The van der Waals surface area contributed by atoms with Gasteiger partial charge in [0, 0.05) is 30.3 Å². The number of fused-ring (bicyclic) bond motifs is 1. The van der Waals surface area contributed by atoms with Crippen LogP contribution in [0.1, 0.15) is 57.2 Å². The molecule has 0 spiro atoms. The molecular weight excluding hydrogens is 416 g/mol. The Kier molecular flexibility index (Phi) is 7.34. The van der Waals surface area contributed by atoms with Crippen LogP contribution < -0.4 is 0 Å². The minimum absolute atomic E-state index is 0.175. The summed E-state index contributed by atoms with van der Waals surface area (Å²) in [6.07, 6.45) is 5.64. The Balaban J connectivity index is 1.43. The predicted molar refractivity (Wildman–Crippen MR) is 127 cm³/mol. The average molecular weight is 451 g/mol. The Hall–Kier alpha value is -2.85. The summed E-state index contributed by atoms with van der Waals surface area (Å²) in [4.78, 5) is 29.5. The highest BCUT2D eigenvalue weighted by molar-refractivity contribution is 5.84. The molecule has 4 rings (SSSR count). The summed E-state index contributed by atoms with van der Waals surface area (Å²) in [5, 5.41) is 10.4. The second-order valence-electron chi connectivity index (χ2n) is 9.07. The summed E-state index contributed by atoms with van der Waals surface area (Å²) < 4.78 is 7.39. The lowest BCUT2D eigenvalue weighted by Crippen LogP contribution is -2.48. The van der Waals surface area contributed by atoms with E-state index in [0.29, 0.717) is 12.2 Å². The number of aromatic nitrogens is 1. The maximum absolute atomic E-state index is 13.4. The van der Waals surface area contributed by atoms with Crippen molar-refractivity contribution in [3.63, 3.8) is 0 Å². The first-order valence-electron chi connectivity index (χ1n) is 12.3. The molecule has 2 saturated heterocycles. The van der Waals surface area contributed by atoms with Crippen LogP contribution in [-0.4, -0.2) is 64.6 Å². The Labute approximate surface area is 195 Å². The molecule has 1 amide bonds. The number of ether oxygens (including phenoxy) is 1. The SMILES string of the molecule is CCOC(=O)CN1CCCC1C(=O)N1CCCC1CCc1cc2ccc(C#N)cc2n1CC. The van der Waals surface area contributed by atoms with Gasteiger partial charge in [0.25, 0.3) is 0 Å². The highest BCUT2D eigenvalue weighted by atomic mass is 16.5. The molecule has 2 aliphatic rings. The molecule has 33 heavy (non-hydrogen) atoms. The van der Waals surface area contributed by atoms with Crippen molar-refractivity contribution in [2.24, 2.45) is 0 Å². The van der Waals surface area contributed by atoms with Crippen LogP contribution in [0.25, 0.3) is 10.9 Å². The van der Waals surface area contributed by atoms with Gasteiger partial charge in [-0.1, -0.05) is 6.07 Å². The van der Waals surface area contributed by atoms with E-state index in [2.05, 4.69) is 28.5 Å². The molecule has 1 aromatic carbocycles. The molecule has 7 heteroatoms. The number of rotatable bonds is 8. The molecule has 1 aromatic heterocycles. The van der Waals surface area contributed by atoms with Crippen molar-refractivity contribution in [2.45, 2.75) is 71.0 Å². The lowest BCUT2D eigenvalue weighted by Gasteiger charge is -2.31. The van der Waals surface area contributed by atoms with E-state index in [9.17, 15) is 14.9 Å². The van der Waals surface area contributed by atoms with E-state index in [-0.39, 0.29) is 30.5 Å². The van der Waals surface area contributed by atoms with Gasteiger partial charge in [0.15, 0.2) is 0 Å². The number of benzene rings is 1. The Bertz CT molecular complexity index is 1050. The first kappa shape index (κ1) is 23.3. The third-order valence-corrected chi connectivity index (χ3v) is 7.12. The monoisotopic (exact) mass is 450 g/mol. The van der Waals surface area contributed by atoms with Crippen molar-refractivity contribution in [1.29, 1.82) is 5.26 Å². The molecule has 0 aliphatic carbocycles. The summed E-state index contributed by atoms with van der Waals surface area (Å²) in [5.74, 6) is -0.0730. The second kappa shape index (κ2) is 10.4. The van der Waals surface area contributed by atoms with E-state index in [4.69, 9.17) is 4.74 Å². The molecule has 176 valence electrons. The van der Waals surface area contributed by atoms with Gasteiger partial charge in [0.1, 0.15) is 0 Å². The summed E-state index contributed by atoms with van der Waals surface area (Å²) >= 11 is 0. The number of hydrogen-bond acceptors (Lipinski definition) is 5. The van der Waals surface area contributed by atoms with E-state index in [1.54, 1.807) is 6.92 Å². The van der Waals surface area contributed by atoms with Crippen molar-refractivity contribution in [3.8, 4) is 6.07 Å². The third kappa shape index (κ3) is 4.91. The van der Waals surface area contributed by atoms with Crippen LogP contribution in [0.4, 0.5) is 0 Å². The molecule has 2 aromatic rings. The van der Waals surface area contributed by atoms with E-state index >= 15 is 0 Å². The normalized spacial score (nSPS) is 20.9. The van der Waals surface area contributed by atoms with E-state index in [0.717, 1.165) is 69.1 Å². The van der Waals surface area contributed by atoms with Gasteiger partial charge in [-0.15, -0.1) is 0 Å². The molecule has 7 nitrogen and oxygen atoms in total. The maximum atomic E-state index is 13.4. The number of amides is 1. The van der Waals surface area contributed by atoms with Gasteiger partial charge in [-0.2, -0.15) is 5.26 Å². The average Bonchev–Trinajstić information content (AvgIpc) is 3.54.